The van der Waals surface area contributed by atoms with Crippen molar-refractivity contribution in [2.75, 3.05) is 16.4 Å². The first kappa shape index (κ1) is 20.4. The third kappa shape index (κ3) is 5.58. The molecule has 0 aliphatic rings. The Hall–Kier alpha value is -3.92. The van der Waals surface area contributed by atoms with E-state index in [0.717, 1.165) is 5.56 Å². The van der Waals surface area contributed by atoms with Gasteiger partial charge in [-0.1, -0.05) is 48.2 Å². The Morgan fingerprint density at radius 2 is 1.77 bits per heavy atom. The maximum absolute atomic E-state index is 12.4. The van der Waals surface area contributed by atoms with E-state index in [0.29, 0.717) is 23.1 Å². The summed E-state index contributed by atoms with van der Waals surface area (Å²) in [5.74, 6) is -0.236. The van der Waals surface area contributed by atoms with Crippen LogP contribution < -0.4 is 10.6 Å². The van der Waals surface area contributed by atoms with Gasteiger partial charge in [-0.25, -0.2) is 4.68 Å². The molecule has 9 nitrogen and oxygen atoms in total. The van der Waals surface area contributed by atoms with Crippen LogP contribution in [0.1, 0.15) is 16.1 Å². The largest absolute Gasteiger partial charge is 0.459 e. The fraction of sp³-hybridized carbons (Fsp3) is 0.0952. The molecule has 0 unspecified atom stereocenters. The van der Waals surface area contributed by atoms with Crippen molar-refractivity contribution in [2.24, 2.45) is 0 Å². The first-order valence-corrected chi connectivity index (χ1v) is 10.3. The number of amides is 2. The number of nitrogens with one attached hydrogen (secondary N) is 2. The Bertz CT molecular complexity index is 1160. The van der Waals surface area contributed by atoms with Gasteiger partial charge in [0.25, 0.3) is 5.91 Å². The number of anilines is 2. The second kappa shape index (κ2) is 9.72. The predicted molar refractivity (Wildman–Crippen MR) is 116 cm³/mol. The SMILES string of the molecule is O=C(CSc1nnnn1Cc1ccccc1)Nc1cccc(NC(=O)c2ccco2)c1. The minimum absolute atomic E-state index is 0.137. The van der Waals surface area contributed by atoms with E-state index in [-0.39, 0.29) is 23.3 Å². The van der Waals surface area contributed by atoms with Crippen LogP contribution in [0, 0.1) is 0 Å². The van der Waals surface area contributed by atoms with Crippen LogP contribution in [-0.2, 0) is 11.3 Å². The Morgan fingerprint density at radius 1 is 0.968 bits per heavy atom. The Balaban J connectivity index is 1.32. The zero-order valence-corrected chi connectivity index (χ0v) is 17.1. The normalized spacial score (nSPS) is 10.6. The van der Waals surface area contributed by atoms with Gasteiger partial charge >= 0.3 is 0 Å². The van der Waals surface area contributed by atoms with Crippen LogP contribution in [0.15, 0.2) is 82.6 Å². The van der Waals surface area contributed by atoms with Crippen LogP contribution >= 0.6 is 11.8 Å². The number of carbonyl (C=O) groups excluding carboxylic acids is 2. The molecular weight excluding hydrogens is 416 g/mol. The molecule has 31 heavy (non-hydrogen) atoms. The van der Waals surface area contributed by atoms with Crippen molar-refractivity contribution in [3.05, 3.63) is 84.3 Å². The number of thioether (sulfide) groups is 1. The number of aromatic nitrogens is 4. The molecule has 2 amide bonds. The van der Waals surface area contributed by atoms with Crippen molar-refractivity contribution < 1.29 is 14.0 Å². The number of nitrogens with zero attached hydrogens (tertiary/aromatic N) is 4. The molecule has 2 aromatic heterocycles. The molecular formula is C21H18N6O3S. The van der Waals surface area contributed by atoms with Crippen LogP contribution in [0.3, 0.4) is 0 Å². The van der Waals surface area contributed by atoms with Gasteiger partial charge in [0.1, 0.15) is 0 Å². The summed E-state index contributed by atoms with van der Waals surface area (Å²) in [4.78, 5) is 24.5. The summed E-state index contributed by atoms with van der Waals surface area (Å²) in [5, 5.41) is 17.8. The molecule has 4 aromatic rings. The standard InChI is InChI=1S/C21H18N6O3S/c28-19(14-31-21-24-25-26-27(21)13-15-6-2-1-3-7-15)22-16-8-4-9-17(12-16)23-20(29)18-10-5-11-30-18/h1-12H,13-14H2,(H,22,28)(H,23,29). The number of furan rings is 1. The molecule has 2 heterocycles. The van der Waals surface area contributed by atoms with E-state index in [4.69, 9.17) is 4.42 Å². The van der Waals surface area contributed by atoms with Gasteiger partial charge in [0.15, 0.2) is 5.76 Å². The van der Waals surface area contributed by atoms with Gasteiger partial charge in [0, 0.05) is 11.4 Å². The highest BCUT2D eigenvalue weighted by Gasteiger charge is 2.12. The number of rotatable bonds is 8. The smallest absolute Gasteiger partial charge is 0.291 e. The summed E-state index contributed by atoms with van der Waals surface area (Å²) < 4.78 is 6.72. The molecule has 4 rings (SSSR count). The first-order valence-electron chi connectivity index (χ1n) is 9.35. The fourth-order valence-corrected chi connectivity index (χ4v) is 3.43. The lowest BCUT2D eigenvalue weighted by atomic mass is 10.2. The molecule has 0 spiro atoms. The zero-order valence-electron chi connectivity index (χ0n) is 16.3. The number of hydrogen-bond donors (Lipinski definition) is 2. The van der Waals surface area contributed by atoms with Crippen molar-refractivity contribution in [3.8, 4) is 0 Å². The summed E-state index contributed by atoms with van der Waals surface area (Å²) in [6, 6.07) is 19.9. The molecule has 0 aliphatic carbocycles. The van der Waals surface area contributed by atoms with Crippen LogP contribution in [0.5, 0.6) is 0 Å². The van der Waals surface area contributed by atoms with Crippen molar-refractivity contribution in [1.82, 2.24) is 20.2 Å². The summed E-state index contributed by atoms with van der Waals surface area (Å²) in [6.45, 7) is 0.523. The van der Waals surface area contributed by atoms with Gasteiger partial charge in [-0.15, -0.1) is 5.10 Å². The van der Waals surface area contributed by atoms with E-state index in [9.17, 15) is 9.59 Å². The topological polar surface area (TPSA) is 115 Å². The average molecular weight is 434 g/mol. The molecule has 156 valence electrons. The first-order chi connectivity index (χ1) is 15.2. The van der Waals surface area contributed by atoms with Crippen molar-refractivity contribution in [1.29, 1.82) is 0 Å². The Morgan fingerprint density at radius 3 is 2.55 bits per heavy atom. The average Bonchev–Trinajstić information content (AvgIpc) is 3.46. The molecule has 2 N–H and O–H groups in total. The third-order valence-corrected chi connectivity index (χ3v) is 5.11. The maximum atomic E-state index is 12.4. The van der Waals surface area contributed by atoms with Crippen LogP contribution in [0.4, 0.5) is 11.4 Å². The molecule has 0 saturated carbocycles. The van der Waals surface area contributed by atoms with E-state index >= 15 is 0 Å². The molecule has 0 fully saturated rings. The molecule has 10 heteroatoms. The van der Waals surface area contributed by atoms with Gasteiger partial charge in [-0.2, -0.15) is 0 Å². The van der Waals surface area contributed by atoms with Gasteiger partial charge < -0.3 is 15.1 Å². The van der Waals surface area contributed by atoms with E-state index in [1.807, 2.05) is 30.3 Å². The highest BCUT2D eigenvalue weighted by molar-refractivity contribution is 7.99. The van der Waals surface area contributed by atoms with E-state index in [1.165, 1.54) is 18.0 Å². The molecule has 0 atom stereocenters. The number of tetrazole rings is 1. The van der Waals surface area contributed by atoms with Crippen molar-refractivity contribution in [2.45, 2.75) is 11.7 Å². The van der Waals surface area contributed by atoms with Crippen molar-refractivity contribution in [3.63, 3.8) is 0 Å². The number of benzene rings is 2. The molecule has 0 radical (unpaired) electrons. The highest BCUT2D eigenvalue weighted by atomic mass is 32.2. The van der Waals surface area contributed by atoms with E-state index < -0.39 is 0 Å². The summed E-state index contributed by atoms with van der Waals surface area (Å²) in [6.07, 6.45) is 1.43. The quantitative estimate of drug-likeness (QED) is 0.409. The minimum atomic E-state index is -0.366. The van der Waals surface area contributed by atoms with Crippen LogP contribution in [0.2, 0.25) is 0 Å². The second-order valence-electron chi connectivity index (χ2n) is 6.45. The lowest BCUT2D eigenvalue weighted by Gasteiger charge is -2.08. The molecule has 0 bridgehead atoms. The summed E-state index contributed by atoms with van der Waals surface area (Å²) in [7, 11) is 0. The lowest BCUT2D eigenvalue weighted by Crippen LogP contribution is -2.15. The molecule has 0 saturated heterocycles. The Kier molecular flexibility index (Phi) is 6.38. The number of carbonyl (C=O) groups is 2. The fourth-order valence-electron chi connectivity index (χ4n) is 2.76. The van der Waals surface area contributed by atoms with Crippen LogP contribution in [0.25, 0.3) is 0 Å². The summed E-state index contributed by atoms with van der Waals surface area (Å²) >= 11 is 1.25. The van der Waals surface area contributed by atoms with Gasteiger partial charge in [-0.3, -0.25) is 9.59 Å². The lowest BCUT2D eigenvalue weighted by molar-refractivity contribution is -0.113. The van der Waals surface area contributed by atoms with E-state index in [1.54, 1.807) is 41.1 Å². The summed E-state index contributed by atoms with van der Waals surface area (Å²) in [5.41, 5.74) is 2.17. The highest BCUT2D eigenvalue weighted by Crippen LogP contribution is 2.19. The molecule has 0 aliphatic heterocycles. The zero-order chi connectivity index (χ0) is 21.5. The third-order valence-electron chi connectivity index (χ3n) is 4.16. The monoisotopic (exact) mass is 434 g/mol. The van der Waals surface area contributed by atoms with Crippen LogP contribution in [-0.4, -0.2) is 37.8 Å². The number of hydrogen-bond acceptors (Lipinski definition) is 7. The van der Waals surface area contributed by atoms with Gasteiger partial charge in [0.05, 0.1) is 18.6 Å². The van der Waals surface area contributed by atoms with Gasteiger partial charge in [-0.05, 0) is 46.3 Å². The minimum Gasteiger partial charge on any atom is -0.459 e. The van der Waals surface area contributed by atoms with Gasteiger partial charge in [0.2, 0.25) is 11.1 Å². The van der Waals surface area contributed by atoms with Crippen molar-refractivity contribution >= 4 is 35.0 Å². The Labute approximate surface area is 181 Å². The second-order valence-corrected chi connectivity index (χ2v) is 7.40. The van der Waals surface area contributed by atoms with E-state index in [2.05, 4.69) is 26.2 Å². The predicted octanol–water partition coefficient (Wildman–Crippen LogP) is 3.30. The molecule has 2 aromatic carbocycles. The maximum Gasteiger partial charge on any atom is 0.291 e.